The van der Waals surface area contributed by atoms with Gasteiger partial charge in [-0.15, -0.1) is 0 Å². The normalized spacial score (nSPS) is 10.0. The zero-order valence-electron chi connectivity index (χ0n) is 9.75. The molecular weight excluding hydrogens is 378 g/mol. The smallest absolute Gasteiger partial charge is 0.123 e. The predicted molar refractivity (Wildman–Crippen MR) is 82.6 cm³/mol. The molecule has 0 amide bonds. The highest BCUT2D eigenvalue weighted by molar-refractivity contribution is 14.1. The number of nitrogens with one attached hydrogen (secondary N) is 1. The van der Waals surface area contributed by atoms with E-state index in [9.17, 15) is 4.39 Å². The van der Waals surface area contributed by atoms with Gasteiger partial charge in [0.2, 0.25) is 0 Å². The summed E-state index contributed by atoms with van der Waals surface area (Å²) in [6, 6.07) is 11.7. The number of hydrogen-bond acceptors (Lipinski definition) is 2. The highest BCUT2D eigenvalue weighted by atomic mass is 127. The van der Waals surface area contributed by atoms with Crippen LogP contribution in [0.15, 0.2) is 36.4 Å². The maximum absolute atomic E-state index is 13.2. The Morgan fingerprint density at radius 1 is 1.26 bits per heavy atom. The second kappa shape index (κ2) is 6.22. The fourth-order valence-corrected chi connectivity index (χ4v) is 2.70. The number of anilines is 1. The average Bonchev–Trinajstić information content (AvgIpc) is 2.38. The summed E-state index contributed by atoms with van der Waals surface area (Å²) in [7, 11) is 0. The lowest BCUT2D eigenvalue weighted by molar-refractivity contribution is 0.625. The second-order valence-corrected chi connectivity index (χ2v) is 5.49. The van der Waals surface area contributed by atoms with Gasteiger partial charge in [-0.2, -0.15) is 5.26 Å². The number of nitrogens with zero attached hydrogens (tertiary/aromatic N) is 1. The molecule has 0 aliphatic rings. The van der Waals surface area contributed by atoms with Crippen LogP contribution in [0.1, 0.15) is 11.1 Å². The molecule has 96 valence electrons. The van der Waals surface area contributed by atoms with Crippen molar-refractivity contribution in [3.63, 3.8) is 0 Å². The van der Waals surface area contributed by atoms with Crippen LogP contribution in [0.25, 0.3) is 0 Å². The number of rotatable bonds is 3. The van der Waals surface area contributed by atoms with E-state index >= 15 is 0 Å². The first kappa shape index (κ1) is 14.1. The lowest BCUT2D eigenvalue weighted by Crippen LogP contribution is -2.03. The van der Waals surface area contributed by atoms with Crippen molar-refractivity contribution < 1.29 is 4.39 Å². The van der Waals surface area contributed by atoms with Crippen molar-refractivity contribution in [3.8, 4) is 6.07 Å². The molecule has 0 unspecified atom stereocenters. The van der Waals surface area contributed by atoms with E-state index in [1.807, 2.05) is 12.1 Å². The summed E-state index contributed by atoms with van der Waals surface area (Å²) < 4.78 is 14.2. The summed E-state index contributed by atoms with van der Waals surface area (Å²) in [6.07, 6.45) is 0. The predicted octanol–water partition coefficient (Wildman–Crippen LogP) is 4.57. The monoisotopic (exact) mass is 386 g/mol. The summed E-state index contributed by atoms with van der Waals surface area (Å²) in [6.45, 7) is 0.387. The van der Waals surface area contributed by atoms with E-state index < -0.39 is 0 Å². The maximum atomic E-state index is 13.2. The minimum Gasteiger partial charge on any atom is -0.380 e. The number of benzene rings is 2. The van der Waals surface area contributed by atoms with Gasteiger partial charge in [-0.1, -0.05) is 11.6 Å². The van der Waals surface area contributed by atoms with Crippen molar-refractivity contribution in [2.24, 2.45) is 0 Å². The van der Waals surface area contributed by atoms with Gasteiger partial charge < -0.3 is 5.32 Å². The first-order valence-electron chi connectivity index (χ1n) is 5.47. The molecule has 0 aromatic heterocycles. The van der Waals surface area contributed by atoms with Gasteiger partial charge in [0, 0.05) is 20.8 Å². The molecule has 0 saturated heterocycles. The molecular formula is C14H9ClFIN2. The number of hydrogen-bond donors (Lipinski definition) is 1. The molecule has 0 fully saturated rings. The molecule has 0 saturated carbocycles. The quantitative estimate of drug-likeness (QED) is 0.785. The van der Waals surface area contributed by atoms with Crippen molar-refractivity contribution in [2.45, 2.75) is 6.54 Å². The number of nitriles is 1. The summed E-state index contributed by atoms with van der Waals surface area (Å²) >= 11 is 8.04. The Hall–Kier alpha value is -1.32. The van der Waals surface area contributed by atoms with Crippen LogP contribution in [0.3, 0.4) is 0 Å². The summed E-state index contributed by atoms with van der Waals surface area (Å²) in [5.74, 6) is -0.346. The zero-order valence-corrected chi connectivity index (χ0v) is 12.7. The Morgan fingerprint density at radius 2 is 2.05 bits per heavy atom. The molecule has 0 atom stereocenters. The first-order valence-corrected chi connectivity index (χ1v) is 6.93. The molecule has 0 spiro atoms. The molecule has 0 aliphatic carbocycles. The fraction of sp³-hybridized carbons (Fsp3) is 0.0714. The zero-order chi connectivity index (χ0) is 13.8. The largest absolute Gasteiger partial charge is 0.380 e. The van der Waals surface area contributed by atoms with Gasteiger partial charge in [-0.25, -0.2) is 4.39 Å². The molecule has 5 heteroatoms. The topological polar surface area (TPSA) is 35.8 Å². The van der Waals surface area contributed by atoms with Gasteiger partial charge >= 0.3 is 0 Å². The third kappa shape index (κ3) is 3.58. The van der Waals surface area contributed by atoms with Crippen LogP contribution in [0.2, 0.25) is 5.02 Å². The van der Waals surface area contributed by atoms with Gasteiger partial charge in [0.1, 0.15) is 5.82 Å². The minimum atomic E-state index is -0.346. The standard InChI is InChI=1S/C14H9ClFIN2/c15-11-2-4-14(13(17)6-11)19-8-10-5-12(16)3-1-9(10)7-18/h1-6,19H,8H2. The van der Waals surface area contributed by atoms with E-state index in [1.165, 1.54) is 18.2 Å². The van der Waals surface area contributed by atoms with E-state index in [1.54, 1.807) is 6.07 Å². The van der Waals surface area contributed by atoms with Crippen LogP contribution in [0.5, 0.6) is 0 Å². The molecule has 0 bridgehead atoms. The Kier molecular flexibility index (Phi) is 4.61. The maximum Gasteiger partial charge on any atom is 0.123 e. The van der Waals surface area contributed by atoms with Crippen LogP contribution in [-0.4, -0.2) is 0 Å². The molecule has 0 aliphatic heterocycles. The Bertz CT molecular complexity index is 652. The lowest BCUT2D eigenvalue weighted by Gasteiger charge is -2.10. The van der Waals surface area contributed by atoms with Crippen LogP contribution in [-0.2, 0) is 6.54 Å². The van der Waals surface area contributed by atoms with E-state index in [4.69, 9.17) is 16.9 Å². The van der Waals surface area contributed by atoms with Crippen LogP contribution in [0.4, 0.5) is 10.1 Å². The van der Waals surface area contributed by atoms with Crippen molar-refractivity contribution in [1.82, 2.24) is 0 Å². The van der Waals surface area contributed by atoms with E-state index in [-0.39, 0.29) is 5.82 Å². The van der Waals surface area contributed by atoms with Crippen molar-refractivity contribution in [1.29, 1.82) is 5.26 Å². The summed E-state index contributed by atoms with van der Waals surface area (Å²) in [5.41, 5.74) is 2.00. The highest BCUT2D eigenvalue weighted by Crippen LogP contribution is 2.23. The molecule has 2 aromatic rings. The summed E-state index contributed by atoms with van der Waals surface area (Å²) in [4.78, 5) is 0. The molecule has 2 aromatic carbocycles. The van der Waals surface area contributed by atoms with E-state index in [0.29, 0.717) is 22.7 Å². The first-order chi connectivity index (χ1) is 9.10. The van der Waals surface area contributed by atoms with Crippen molar-refractivity contribution >= 4 is 39.9 Å². The average molecular weight is 387 g/mol. The Morgan fingerprint density at radius 3 is 2.74 bits per heavy atom. The molecule has 2 nitrogen and oxygen atoms in total. The summed E-state index contributed by atoms with van der Waals surface area (Å²) in [5, 5.41) is 12.8. The Labute approximate surface area is 129 Å². The van der Waals surface area contributed by atoms with Crippen LogP contribution >= 0.6 is 34.2 Å². The van der Waals surface area contributed by atoms with Crippen molar-refractivity contribution in [3.05, 3.63) is 61.9 Å². The molecule has 0 radical (unpaired) electrons. The molecule has 1 N–H and O–H groups in total. The van der Waals surface area contributed by atoms with Gasteiger partial charge in [-0.05, 0) is 64.6 Å². The SMILES string of the molecule is N#Cc1ccc(F)cc1CNc1ccc(Cl)cc1I. The Balaban J connectivity index is 2.19. The van der Waals surface area contributed by atoms with Crippen molar-refractivity contribution in [2.75, 3.05) is 5.32 Å². The lowest BCUT2D eigenvalue weighted by atomic mass is 10.1. The van der Waals surface area contributed by atoms with Gasteiger partial charge in [0.25, 0.3) is 0 Å². The molecule has 0 heterocycles. The minimum absolute atomic E-state index is 0.346. The number of halogens is 3. The van der Waals surface area contributed by atoms with Crippen LogP contribution < -0.4 is 5.32 Å². The highest BCUT2D eigenvalue weighted by Gasteiger charge is 2.05. The van der Waals surface area contributed by atoms with Crippen LogP contribution in [0, 0.1) is 20.7 Å². The second-order valence-electron chi connectivity index (χ2n) is 3.89. The fourth-order valence-electron chi connectivity index (χ4n) is 1.64. The van der Waals surface area contributed by atoms with Gasteiger partial charge in [-0.3, -0.25) is 0 Å². The van der Waals surface area contributed by atoms with E-state index in [2.05, 4.69) is 34.0 Å². The van der Waals surface area contributed by atoms with Gasteiger partial charge in [0.05, 0.1) is 11.6 Å². The third-order valence-electron chi connectivity index (χ3n) is 2.59. The van der Waals surface area contributed by atoms with Gasteiger partial charge in [0.15, 0.2) is 0 Å². The molecule has 19 heavy (non-hydrogen) atoms. The third-order valence-corrected chi connectivity index (χ3v) is 3.72. The van der Waals surface area contributed by atoms with E-state index in [0.717, 1.165) is 9.26 Å². The molecule has 2 rings (SSSR count).